The zero-order valence-corrected chi connectivity index (χ0v) is 10.4. The lowest BCUT2D eigenvalue weighted by Gasteiger charge is -2.05. The van der Waals surface area contributed by atoms with Crippen molar-refractivity contribution in [3.05, 3.63) is 56.5 Å². The van der Waals surface area contributed by atoms with E-state index in [1.54, 1.807) is 0 Å². The van der Waals surface area contributed by atoms with E-state index in [-0.39, 0.29) is 11.6 Å². The number of H-pyrrole nitrogens is 3. The van der Waals surface area contributed by atoms with Gasteiger partial charge in [0.25, 0.3) is 5.56 Å². The van der Waals surface area contributed by atoms with Crippen LogP contribution in [0.4, 0.5) is 5.69 Å². The molecule has 4 N–H and O–H groups in total. The van der Waals surface area contributed by atoms with E-state index in [4.69, 9.17) is 0 Å². The molecule has 0 bridgehead atoms. The molecule has 0 saturated heterocycles. The lowest BCUT2D eigenvalue weighted by atomic mass is 10.0. The predicted molar refractivity (Wildman–Crippen MR) is 74.1 cm³/mol. The Hall–Kier alpha value is -2.83. The van der Waals surface area contributed by atoms with Crippen molar-refractivity contribution in [2.75, 3.05) is 11.9 Å². The van der Waals surface area contributed by atoms with E-state index in [0.717, 1.165) is 11.3 Å². The van der Waals surface area contributed by atoms with E-state index >= 15 is 0 Å². The summed E-state index contributed by atoms with van der Waals surface area (Å²) in [5.74, 6) is 0.714. The quantitative estimate of drug-likeness (QED) is 0.516. The summed E-state index contributed by atoms with van der Waals surface area (Å²) < 4.78 is 0. The van der Waals surface area contributed by atoms with Crippen LogP contribution in [-0.2, 0) is 0 Å². The number of imidazole rings is 1. The van der Waals surface area contributed by atoms with Crippen molar-refractivity contribution in [1.29, 1.82) is 0 Å². The van der Waals surface area contributed by atoms with Gasteiger partial charge in [0.1, 0.15) is 11.3 Å². The molecule has 1 atom stereocenters. The molecule has 3 heterocycles. The second-order valence-electron chi connectivity index (χ2n) is 4.77. The Morgan fingerprint density at radius 3 is 2.85 bits per heavy atom. The van der Waals surface area contributed by atoms with Gasteiger partial charge in [0.05, 0.1) is 5.92 Å². The first-order valence-electron chi connectivity index (χ1n) is 6.27. The third kappa shape index (κ3) is 1.49. The summed E-state index contributed by atoms with van der Waals surface area (Å²) in [5.41, 5.74) is 1.78. The Morgan fingerprint density at radius 1 is 1.10 bits per heavy atom. The molecule has 0 radical (unpaired) electrons. The zero-order valence-electron chi connectivity index (χ0n) is 10.4. The van der Waals surface area contributed by atoms with Gasteiger partial charge in [0.2, 0.25) is 0 Å². The third-order valence-electron chi connectivity index (χ3n) is 3.57. The number of aromatic nitrogens is 4. The first-order valence-corrected chi connectivity index (χ1v) is 6.27. The van der Waals surface area contributed by atoms with Crippen molar-refractivity contribution < 1.29 is 0 Å². The average molecular weight is 269 g/mol. The average Bonchev–Trinajstić information content (AvgIpc) is 3.01. The van der Waals surface area contributed by atoms with Gasteiger partial charge in [-0.2, -0.15) is 0 Å². The molecule has 100 valence electrons. The summed E-state index contributed by atoms with van der Waals surface area (Å²) in [5, 5.41) is 3.30. The number of hydrogen-bond donors (Lipinski definition) is 4. The molecule has 1 aromatic carbocycles. The van der Waals surface area contributed by atoms with Crippen LogP contribution in [0.25, 0.3) is 11.2 Å². The number of nitrogens with zero attached hydrogens (tertiary/aromatic N) is 1. The van der Waals surface area contributed by atoms with Crippen LogP contribution in [0.3, 0.4) is 0 Å². The van der Waals surface area contributed by atoms with Gasteiger partial charge in [-0.05, 0) is 11.6 Å². The first kappa shape index (κ1) is 11.0. The molecule has 3 aromatic rings. The van der Waals surface area contributed by atoms with E-state index in [0.29, 0.717) is 17.9 Å². The van der Waals surface area contributed by atoms with Crippen LogP contribution in [0.15, 0.2) is 33.9 Å². The van der Waals surface area contributed by atoms with Crippen LogP contribution in [0, 0.1) is 0 Å². The summed E-state index contributed by atoms with van der Waals surface area (Å²) in [6, 6.07) is 7.97. The Kier molecular flexibility index (Phi) is 2.11. The maximum absolute atomic E-state index is 11.7. The van der Waals surface area contributed by atoms with Crippen LogP contribution in [0.5, 0.6) is 0 Å². The van der Waals surface area contributed by atoms with Crippen LogP contribution < -0.4 is 16.6 Å². The molecule has 7 heteroatoms. The molecule has 0 spiro atoms. The monoisotopic (exact) mass is 269 g/mol. The molecule has 20 heavy (non-hydrogen) atoms. The van der Waals surface area contributed by atoms with Crippen molar-refractivity contribution in [2.24, 2.45) is 0 Å². The Bertz CT molecular complexity index is 920. The predicted octanol–water partition coefficient (Wildman–Crippen LogP) is 0.497. The van der Waals surface area contributed by atoms with Crippen molar-refractivity contribution in [2.45, 2.75) is 5.92 Å². The molecule has 7 nitrogen and oxygen atoms in total. The van der Waals surface area contributed by atoms with Crippen LogP contribution in [-0.4, -0.2) is 26.5 Å². The highest BCUT2D eigenvalue weighted by Gasteiger charge is 2.26. The van der Waals surface area contributed by atoms with Gasteiger partial charge < -0.3 is 10.3 Å². The molecular weight excluding hydrogens is 258 g/mol. The second kappa shape index (κ2) is 3.83. The molecule has 0 aliphatic carbocycles. The van der Waals surface area contributed by atoms with E-state index in [2.05, 4.69) is 25.3 Å². The molecule has 4 rings (SSSR count). The largest absolute Gasteiger partial charge is 0.384 e. The van der Waals surface area contributed by atoms with Gasteiger partial charge in [0.15, 0.2) is 5.65 Å². The fourth-order valence-electron chi connectivity index (χ4n) is 2.64. The van der Waals surface area contributed by atoms with Crippen molar-refractivity contribution in [3.8, 4) is 0 Å². The summed E-state index contributed by atoms with van der Waals surface area (Å²) in [6.07, 6.45) is 0. The Balaban J connectivity index is 1.90. The third-order valence-corrected chi connectivity index (χ3v) is 3.57. The van der Waals surface area contributed by atoms with E-state index in [1.807, 2.05) is 24.3 Å². The lowest BCUT2D eigenvalue weighted by Crippen LogP contribution is -2.21. The van der Waals surface area contributed by atoms with Crippen LogP contribution >= 0.6 is 0 Å². The normalized spacial score (nSPS) is 17.1. The maximum atomic E-state index is 11.7. The lowest BCUT2D eigenvalue weighted by molar-refractivity contribution is 0.835. The fraction of sp³-hybridized carbons (Fsp3) is 0.154. The number of benzene rings is 1. The highest BCUT2D eigenvalue weighted by molar-refractivity contribution is 5.70. The first-order chi connectivity index (χ1) is 9.72. The summed E-state index contributed by atoms with van der Waals surface area (Å²) in [7, 11) is 0. The molecule has 1 aliphatic rings. The van der Waals surface area contributed by atoms with Gasteiger partial charge in [-0.1, -0.05) is 18.2 Å². The van der Waals surface area contributed by atoms with Crippen molar-refractivity contribution in [3.63, 3.8) is 0 Å². The molecule has 0 saturated carbocycles. The number of fused-ring (bicyclic) bond motifs is 2. The molecule has 2 aromatic heterocycles. The van der Waals surface area contributed by atoms with Gasteiger partial charge in [-0.3, -0.25) is 14.8 Å². The molecule has 0 fully saturated rings. The van der Waals surface area contributed by atoms with Gasteiger partial charge >= 0.3 is 5.69 Å². The van der Waals surface area contributed by atoms with Gasteiger partial charge in [-0.25, -0.2) is 9.78 Å². The highest BCUT2D eigenvalue weighted by atomic mass is 16.2. The van der Waals surface area contributed by atoms with Gasteiger partial charge in [-0.15, -0.1) is 0 Å². The van der Waals surface area contributed by atoms with E-state index in [1.165, 1.54) is 0 Å². The minimum absolute atomic E-state index is 0.0431. The van der Waals surface area contributed by atoms with E-state index in [9.17, 15) is 9.59 Å². The Labute approximate surface area is 112 Å². The number of anilines is 1. The Morgan fingerprint density at radius 2 is 1.95 bits per heavy atom. The molecular formula is C13H11N5O2. The SMILES string of the molecule is O=c1[nH]c(=O)c2[nH]c(C3CNc4ccccc43)nc2[nH]1. The molecule has 0 amide bonds. The number of hydrogen-bond acceptors (Lipinski definition) is 4. The summed E-state index contributed by atoms with van der Waals surface area (Å²) >= 11 is 0. The standard InChI is InChI=1S/C13H11N5O2/c19-12-9-11(17-13(20)18-12)16-10(15-9)7-5-14-8-4-2-1-3-6(7)8/h1-4,7,14H,5H2,(H3,15,16,17,18,19,20). The number of rotatable bonds is 1. The minimum atomic E-state index is -0.550. The maximum Gasteiger partial charge on any atom is 0.327 e. The van der Waals surface area contributed by atoms with Crippen molar-refractivity contribution in [1.82, 2.24) is 19.9 Å². The van der Waals surface area contributed by atoms with Crippen LogP contribution in [0.1, 0.15) is 17.3 Å². The van der Waals surface area contributed by atoms with Crippen molar-refractivity contribution >= 4 is 16.9 Å². The molecule has 1 aliphatic heterocycles. The fourth-order valence-corrected chi connectivity index (χ4v) is 2.64. The van der Waals surface area contributed by atoms with E-state index < -0.39 is 11.2 Å². The van der Waals surface area contributed by atoms with Crippen LogP contribution in [0.2, 0.25) is 0 Å². The minimum Gasteiger partial charge on any atom is -0.384 e. The second-order valence-corrected chi connectivity index (χ2v) is 4.77. The smallest absolute Gasteiger partial charge is 0.327 e. The highest BCUT2D eigenvalue weighted by Crippen LogP contribution is 2.34. The summed E-state index contributed by atoms with van der Waals surface area (Å²) in [4.78, 5) is 35.0. The zero-order chi connectivity index (χ0) is 13.7. The number of aromatic amines is 3. The molecule has 1 unspecified atom stereocenters. The number of nitrogens with one attached hydrogen (secondary N) is 4. The summed E-state index contributed by atoms with van der Waals surface area (Å²) in [6.45, 7) is 0.710. The topological polar surface area (TPSA) is 106 Å². The van der Waals surface area contributed by atoms with Gasteiger partial charge in [0, 0.05) is 12.2 Å². The number of para-hydroxylation sites is 1.